The number of carbonyl (C=O) groups is 1. The highest BCUT2D eigenvalue weighted by Crippen LogP contribution is 2.35. The van der Waals surface area contributed by atoms with E-state index in [1.54, 1.807) is 14.0 Å². The number of likely N-dealkylation sites (tertiary alicyclic amines) is 2. The molecule has 29 heavy (non-hydrogen) atoms. The van der Waals surface area contributed by atoms with Crippen molar-refractivity contribution >= 4 is 5.91 Å². The van der Waals surface area contributed by atoms with Gasteiger partial charge in [-0.1, -0.05) is 24.3 Å². The maximum absolute atomic E-state index is 11.6. The summed E-state index contributed by atoms with van der Waals surface area (Å²) in [7, 11) is 1.72. The van der Waals surface area contributed by atoms with Crippen LogP contribution in [0.4, 0.5) is 0 Å². The summed E-state index contributed by atoms with van der Waals surface area (Å²) in [4.78, 5) is 21.3. The predicted molar refractivity (Wildman–Crippen MR) is 114 cm³/mol. The topological polar surface area (TPSA) is 45.7 Å². The first kappa shape index (κ1) is 19.9. The second-order valence-electron chi connectivity index (χ2n) is 8.18. The van der Waals surface area contributed by atoms with Gasteiger partial charge >= 0.3 is 0 Å². The number of piperidine rings is 1. The Labute approximate surface area is 173 Å². The number of rotatable bonds is 5. The third-order valence-corrected chi connectivity index (χ3v) is 6.41. The molecule has 5 nitrogen and oxygen atoms in total. The summed E-state index contributed by atoms with van der Waals surface area (Å²) >= 11 is 0. The third-order valence-electron chi connectivity index (χ3n) is 6.41. The number of carbonyl (C=O) groups excluding carboxylic acids is 1. The zero-order valence-electron chi connectivity index (χ0n) is 17.5. The summed E-state index contributed by atoms with van der Waals surface area (Å²) in [5.74, 6) is 1.12. The van der Waals surface area contributed by atoms with Gasteiger partial charge in [0.1, 0.15) is 5.75 Å². The Balaban J connectivity index is 1.48. The summed E-state index contributed by atoms with van der Waals surface area (Å²) in [5, 5.41) is 0. The lowest BCUT2D eigenvalue weighted by Crippen LogP contribution is -2.46. The molecule has 0 spiro atoms. The largest absolute Gasteiger partial charge is 0.496 e. The lowest BCUT2D eigenvalue weighted by Gasteiger charge is -2.39. The Hall–Kier alpha value is -2.40. The molecule has 5 heteroatoms. The molecule has 0 N–H and O–H groups in total. The van der Waals surface area contributed by atoms with Crippen molar-refractivity contribution in [2.45, 2.75) is 51.1 Å². The number of hydrogen-bond acceptors (Lipinski definition) is 4. The Morgan fingerprint density at radius 1 is 1.07 bits per heavy atom. The Kier molecular flexibility index (Phi) is 6.14. The first-order valence-electron chi connectivity index (χ1n) is 10.7. The SMILES string of the molecule is COc1ccccc1Cc1cccc(C2CCCN2C2CCN(C(C)=O)CC2)n1. The fourth-order valence-corrected chi connectivity index (χ4v) is 4.88. The molecule has 2 aliphatic rings. The van der Waals surface area contributed by atoms with Crippen LogP contribution in [0.3, 0.4) is 0 Å². The molecule has 1 aromatic heterocycles. The number of para-hydroxylation sites is 1. The van der Waals surface area contributed by atoms with Crippen molar-refractivity contribution in [1.29, 1.82) is 0 Å². The molecule has 3 heterocycles. The third kappa shape index (κ3) is 4.45. The molecule has 2 aromatic rings. The predicted octanol–water partition coefficient (Wildman–Crippen LogP) is 3.83. The average molecular weight is 394 g/mol. The van der Waals surface area contributed by atoms with E-state index >= 15 is 0 Å². The van der Waals surface area contributed by atoms with E-state index in [9.17, 15) is 4.79 Å². The Bertz CT molecular complexity index is 846. The fourth-order valence-electron chi connectivity index (χ4n) is 4.88. The van der Waals surface area contributed by atoms with Gasteiger partial charge in [0.15, 0.2) is 0 Å². The average Bonchev–Trinajstić information content (AvgIpc) is 3.24. The van der Waals surface area contributed by atoms with Gasteiger partial charge in [-0.25, -0.2) is 0 Å². The molecule has 0 bridgehead atoms. The molecular weight excluding hydrogens is 362 g/mol. The maximum atomic E-state index is 11.6. The molecule has 2 aliphatic heterocycles. The van der Waals surface area contributed by atoms with Gasteiger partial charge in [-0.05, 0) is 50.4 Å². The normalized spacial score (nSPS) is 20.8. The van der Waals surface area contributed by atoms with Gasteiger partial charge in [-0.15, -0.1) is 0 Å². The number of amides is 1. The van der Waals surface area contributed by atoms with Gasteiger partial charge in [-0.2, -0.15) is 0 Å². The number of benzene rings is 1. The van der Waals surface area contributed by atoms with Crippen molar-refractivity contribution in [1.82, 2.24) is 14.8 Å². The van der Waals surface area contributed by atoms with E-state index in [4.69, 9.17) is 9.72 Å². The van der Waals surface area contributed by atoms with E-state index in [2.05, 4.69) is 29.2 Å². The van der Waals surface area contributed by atoms with Crippen LogP contribution >= 0.6 is 0 Å². The summed E-state index contributed by atoms with van der Waals surface area (Å²) in [6, 6.07) is 15.5. The number of pyridine rings is 1. The smallest absolute Gasteiger partial charge is 0.219 e. The van der Waals surface area contributed by atoms with Gasteiger partial charge in [0, 0.05) is 43.7 Å². The van der Waals surface area contributed by atoms with E-state index in [1.807, 2.05) is 23.1 Å². The summed E-state index contributed by atoms with van der Waals surface area (Å²) in [6.07, 6.45) is 5.30. The van der Waals surface area contributed by atoms with Crippen LogP contribution in [0.15, 0.2) is 42.5 Å². The van der Waals surface area contributed by atoms with Gasteiger partial charge in [0.05, 0.1) is 18.8 Å². The van der Waals surface area contributed by atoms with E-state index in [0.29, 0.717) is 12.1 Å². The molecule has 1 amide bonds. The molecular formula is C24H31N3O2. The van der Waals surface area contributed by atoms with E-state index in [-0.39, 0.29) is 5.91 Å². The summed E-state index contributed by atoms with van der Waals surface area (Å²) in [5.41, 5.74) is 3.44. The monoisotopic (exact) mass is 393 g/mol. The number of ether oxygens (including phenoxy) is 1. The molecule has 0 radical (unpaired) electrons. The minimum Gasteiger partial charge on any atom is -0.496 e. The first-order valence-corrected chi connectivity index (χ1v) is 10.7. The standard InChI is InChI=1S/C24H31N3O2/c1-18(28)26-15-12-21(13-16-26)27-14-6-10-23(27)22-9-5-8-20(25-22)17-19-7-3-4-11-24(19)29-2/h3-5,7-9,11,21,23H,6,10,12-17H2,1-2H3. The highest BCUT2D eigenvalue weighted by Gasteiger charge is 2.34. The van der Waals surface area contributed by atoms with Crippen LogP contribution in [-0.4, -0.2) is 53.5 Å². The number of aromatic nitrogens is 1. The van der Waals surface area contributed by atoms with Crippen LogP contribution in [0, 0.1) is 0 Å². The van der Waals surface area contributed by atoms with Crippen LogP contribution in [0.1, 0.15) is 55.6 Å². The molecule has 4 rings (SSSR count). The van der Waals surface area contributed by atoms with Crippen LogP contribution in [0.25, 0.3) is 0 Å². The van der Waals surface area contributed by atoms with Crippen LogP contribution in [0.2, 0.25) is 0 Å². The minimum absolute atomic E-state index is 0.201. The fraction of sp³-hybridized carbons (Fsp3) is 0.500. The lowest BCUT2D eigenvalue weighted by atomic mass is 10.0. The molecule has 2 saturated heterocycles. The second kappa shape index (κ2) is 8.95. The van der Waals surface area contributed by atoms with E-state index in [0.717, 1.165) is 56.8 Å². The highest BCUT2D eigenvalue weighted by atomic mass is 16.5. The zero-order chi connectivity index (χ0) is 20.2. The van der Waals surface area contributed by atoms with Gasteiger partial charge in [-0.3, -0.25) is 14.7 Å². The molecule has 1 aromatic carbocycles. The van der Waals surface area contributed by atoms with Gasteiger partial charge in [0.2, 0.25) is 5.91 Å². The van der Waals surface area contributed by atoms with Crippen molar-refractivity contribution in [2.24, 2.45) is 0 Å². The summed E-state index contributed by atoms with van der Waals surface area (Å²) in [6.45, 7) is 4.57. The minimum atomic E-state index is 0.201. The second-order valence-corrected chi connectivity index (χ2v) is 8.18. The van der Waals surface area contributed by atoms with Crippen molar-refractivity contribution < 1.29 is 9.53 Å². The van der Waals surface area contributed by atoms with Crippen molar-refractivity contribution in [3.63, 3.8) is 0 Å². The zero-order valence-corrected chi connectivity index (χ0v) is 17.5. The molecule has 1 atom stereocenters. The maximum Gasteiger partial charge on any atom is 0.219 e. The van der Waals surface area contributed by atoms with Crippen LogP contribution in [-0.2, 0) is 11.2 Å². The number of methoxy groups -OCH3 is 1. The Morgan fingerprint density at radius 2 is 1.86 bits per heavy atom. The van der Waals surface area contributed by atoms with Crippen LogP contribution in [0.5, 0.6) is 5.75 Å². The number of nitrogens with zero attached hydrogens (tertiary/aromatic N) is 3. The van der Waals surface area contributed by atoms with E-state index < -0.39 is 0 Å². The van der Waals surface area contributed by atoms with Crippen LogP contribution < -0.4 is 4.74 Å². The van der Waals surface area contributed by atoms with E-state index in [1.165, 1.54) is 17.7 Å². The van der Waals surface area contributed by atoms with Crippen molar-refractivity contribution in [2.75, 3.05) is 26.7 Å². The molecule has 154 valence electrons. The van der Waals surface area contributed by atoms with Crippen molar-refractivity contribution in [3.05, 3.63) is 59.4 Å². The van der Waals surface area contributed by atoms with Gasteiger partial charge < -0.3 is 9.64 Å². The van der Waals surface area contributed by atoms with Crippen molar-refractivity contribution in [3.8, 4) is 5.75 Å². The lowest BCUT2D eigenvalue weighted by molar-refractivity contribution is -0.130. The van der Waals surface area contributed by atoms with Gasteiger partial charge in [0.25, 0.3) is 0 Å². The Morgan fingerprint density at radius 3 is 2.62 bits per heavy atom. The molecule has 2 fully saturated rings. The molecule has 1 unspecified atom stereocenters. The quantitative estimate of drug-likeness (QED) is 0.775. The molecule has 0 aliphatic carbocycles. The molecule has 0 saturated carbocycles. The number of hydrogen-bond donors (Lipinski definition) is 0. The summed E-state index contributed by atoms with van der Waals surface area (Å²) < 4.78 is 5.51. The highest BCUT2D eigenvalue weighted by molar-refractivity contribution is 5.73. The first-order chi connectivity index (χ1) is 14.2.